The summed E-state index contributed by atoms with van der Waals surface area (Å²) in [5, 5.41) is 13.9. The lowest BCUT2D eigenvalue weighted by molar-refractivity contribution is -0.386. The van der Waals surface area contributed by atoms with Crippen LogP contribution in [0.25, 0.3) is 0 Å². The van der Waals surface area contributed by atoms with Gasteiger partial charge in [-0.3, -0.25) is 15.1 Å². The molecule has 5 nitrogen and oxygen atoms in total. The van der Waals surface area contributed by atoms with E-state index in [-0.39, 0.29) is 16.7 Å². The lowest BCUT2D eigenvalue weighted by atomic mass is 10.1. The molecule has 5 heteroatoms. The Labute approximate surface area is 88.7 Å². The van der Waals surface area contributed by atoms with Gasteiger partial charge in [0.25, 0.3) is 5.69 Å². The van der Waals surface area contributed by atoms with E-state index in [0.717, 1.165) is 0 Å². The fraction of sp³-hybridized carbons (Fsp3) is 0.500. The van der Waals surface area contributed by atoms with Crippen molar-refractivity contribution >= 4 is 5.69 Å². The van der Waals surface area contributed by atoms with Crippen molar-refractivity contribution in [3.05, 3.63) is 33.6 Å². The maximum atomic E-state index is 10.9. The van der Waals surface area contributed by atoms with Crippen LogP contribution >= 0.6 is 0 Å². The third-order valence-corrected chi connectivity index (χ3v) is 2.38. The van der Waals surface area contributed by atoms with Crippen LogP contribution < -0.4 is 5.32 Å². The van der Waals surface area contributed by atoms with Crippen molar-refractivity contribution in [3.63, 3.8) is 0 Å². The number of rotatable bonds is 4. The highest BCUT2D eigenvalue weighted by Crippen LogP contribution is 2.21. The van der Waals surface area contributed by atoms with E-state index in [1.54, 1.807) is 19.2 Å². The van der Waals surface area contributed by atoms with Crippen molar-refractivity contribution in [2.24, 2.45) is 0 Å². The van der Waals surface area contributed by atoms with Gasteiger partial charge in [-0.1, -0.05) is 0 Å². The van der Waals surface area contributed by atoms with Crippen LogP contribution in [0.4, 0.5) is 5.69 Å². The van der Waals surface area contributed by atoms with E-state index in [2.05, 4.69) is 10.3 Å². The first-order valence-corrected chi connectivity index (χ1v) is 4.82. The zero-order valence-corrected chi connectivity index (χ0v) is 9.15. The largest absolute Gasteiger partial charge is 0.317 e. The second-order valence-electron chi connectivity index (χ2n) is 3.57. The molecule has 1 rings (SSSR count). The van der Waals surface area contributed by atoms with Gasteiger partial charge in [-0.05, 0) is 27.0 Å². The van der Waals surface area contributed by atoms with E-state index < -0.39 is 0 Å². The van der Waals surface area contributed by atoms with Crippen LogP contribution in [0.3, 0.4) is 0 Å². The summed E-state index contributed by atoms with van der Waals surface area (Å²) in [4.78, 5) is 14.6. The zero-order chi connectivity index (χ0) is 11.4. The highest BCUT2D eigenvalue weighted by Gasteiger charge is 2.19. The molecular weight excluding hydrogens is 194 g/mol. The standard InChI is InChI=1S/C10H15N3O2/c1-7-4-5-12-9(6-8(2)11-3)10(7)13(14)15/h4-5,8,11H,6H2,1-3H3. The van der Waals surface area contributed by atoms with Gasteiger partial charge in [0.1, 0.15) is 5.69 Å². The Morgan fingerprint density at radius 3 is 2.87 bits per heavy atom. The number of likely N-dealkylation sites (N-methyl/N-ethyl adjacent to an activating group) is 1. The number of hydrogen-bond donors (Lipinski definition) is 1. The molecule has 0 saturated heterocycles. The molecule has 1 N–H and O–H groups in total. The normalized spacial score (nSPS) is 12.5. The van der Waals surface area contributed by atoms with Gasteiger partial charge < -0.3 is 5.32 Å². The number of nitrogens with one attached hydrogen (secondary N) is 1. The molecule has 1 unspecified atom stereocenters. The van der Waals surface area contributed by atoms with Crippen LogP contribution in [0.15, 0.2) is 12.3 Å². The molecule has 1 aromatic rings. The summed E-state index contributed by atoms with van der Waals surface area (Å²) in [7, 11) is 1.83. The van der Waals surface area contributed by atoms with Crippen LogP contribution in [0, 0.1) is 17.0 Å². The Hall–Kier alpha value is -1.49. The maximum Gasteiger partial charge on any atom is 0.293 e. The molecule has 0 amide bonds. The van der Waals surface area contributed by atoms with Gasteiger partial charge >= 0.3 is 0 Å². The van der Waals surface area contributed by atoms with Crippen LogP contribution in [-0.4, -0.2) is 23.0 Å². The lowest BCUT2D eigenvalue weighted by Gasteiger charge is -2.10. The number of aromatic nitrogens is 1. The van der Waals surface area contributed by atoms with E-state index in [0.29, 0.717) is 17.7 Å². The van der Waals surface area contributed by atoms with Gasteiger partial charge in [-0.25, -0.2) is 0 Å². The minimum Gasteiger partial charge on any atom is -0.317 e. The number of nitrogens with zero attached hydrogens (tertiary/aromatic N) is 2. The predicted octanol–water partition coefficient (Wildman–Crippen LogP) is 1.45. The van der Waals surface area contributed by atoms with Crippen LogP contribution in [-0.2, 0) is 6.42 Å². The van der Waals surface area contributed by atoms with Crippen molar-refractivity contribution in [1.82, 2.24) is 10.3 Å². The van der Waals surface area contributed by atoms with Gasteiger partial charge in [0.15, 0.2) is 0 Å². The first kappa shape index (κ1) is 11.6. The highest BCUT2D eigenvalue weighted by atomic mass is 16.6. The summed E-state index contributed by atoms with van der Waals surface area (Å²) < 4.78 is 0. The molecule has 0 aromatic carbocycles. The van der Waals surface area contributed by atoms with Gasteiger partial charge in [0.2, 0.25) is 0 Å². The Morgan fingerprint density at radius 2 is 2.33 bits per heavy atom. The quantitative estimate of drug-likeness (QED) is 0.602. The van der Waals surface area contributed by atoms with Crippen LogP contribution in [0.5, 0.6) is 0 Å². The SMILES string of the molecule is CNC(C)Cc1nccc(C)c1[N+](=O)[O-]. The smallest absolute Gasteiger partial charge is 0.293 e. The summed E-state index contributed by atoms with van der Waals surface area (Å²) in [6.45, 7) is 3.70. The fourth-order valence-electron chi connectivity index (χ4n) is 1.40. The number of aryl methyl sites for hydroxylation is 1. The molecule has 1 heterocycles. The Morgan fingerprint density at radius 1 is 1.67 bits per heavy atom. The minimum atomic E-state index is -0.361. The van der Waals surface area contributed by atoms with E-state index in [4.69, 9.17) is 0 Å². The lowest BCUT2D eigenvalue weighted by Crippen LogP contribution is -2.24. The Balaban J connectivity index is 3.06. The monoisotopic (exact) mass is 209 g/mol. The van der Waals surface area contributed by atoms with Crippen LogP contribution in [0.1, 0.15) is 18.2 Å². The Bertz CT molecular complexity index is 366. The summed E-state index contributed by atoms with van der Waals surface area (Å²) in [5.74, 6) is 0. The minimum absolute atomic E-state index is 0.139. The van der Waals surface area contributed by atoms with Gasteiger partial charge in [-0.15, -0.1) is 0 Å². The summed E-state index contributed by atoms with van der Waals surface area (Å²) in [5.41, 5.74) is 1.34. The van der Waals surface area contributed by atoms with Crippen molar-refractivity contribution in [2.75, 3.05) is 7.05 Å². The van der Waals surface area contributed by atoms with Crippen molar-refractivity contribution in [1.29, 1.82) is 0 Å². The first-order chi connectivity index (χ1) is 7.06. The van der Waals surface area contributed by atoms with Crippen molar-refractivity contribution in [2.45, 2.75) is 26.3 Å². The summed E-state index contributed by atoms with van der Waals surface area (Å²) in [6, 6.07) is 1.84. The topological polar surface area (TPSA) is 68.1 Å². The fourth-order valence-corrected chi connectivity index (χ4v) is 1.40. The first-order valence-electron chi connectivity index (χ1n) is 4.82. The van der Waals surface area contributed by atoms with E-state index in [1.807, 2.05) is 14.0 Å². The molecule has 1 atom stereocenters. The number of pyridine rings is 1. The molecule has 1 aromatic heterocycles. The third kappa shape index (κ3) is 2.73. The molecule has 82 valence electrons. The van der Waals surface area contributed by atoms with E-state index >= 15 is 0 Å². The molecule has 0 aliphatic rings. The molecular formula is C10H15N3O2. The molecule has 0 saturated carbocycles. The van der Waals surface area contributed by atoms with Crippen molar-refractivity contribution < 1.29 is 4.92 Å². The molecule has 0 aliphatic heterocycles. The third-order valence-electron chi connectivity index (χ3n) is 2.38. The van der Waals surface area contributed by atoms with E-state index in [9.17, 15) is 10.1 Å². The second kappa shape index (κ2) is 4.84. The van der Waals surface area contributed by atoms with Crippen LogP contribution in [0.2, 0.25) is 0 Å². The average Bonchev–Trinajstić information content (AvgIpc) is 2.17. The van der Waals surface area contributed by atoms with Gasteiger partial charge in [0, 0.05) is 24.2 Å². The molecule has 0 bridgehead atoms. The number of hydrogen-bond acceptors (Lipinski definition) is 4. The molecule has 0 aliphatic carbocycles. The Kier molecular flexibility index (Phi) is 3.74. The number of nitro groups is 1. The highest BCUT2D eigenvalue weighted by molar-refractivity contribution is 5.43. The van der Waals surface area contributed by atoms with Gasteiger partial charge in [0.05, 0.1) is 4.92 Å². The predicted molar refractivity (Wildman–Crippen MR) is 57.9 cm³/mol. The second-order valence-corrected chi connectivity index (χ2v) is 3.57. The summed E-state index contributed by atoms with van der Waals surface area (Å²) in [6.07, 6.45) is 2.18. The maximum absolute atomic E-state index is 10.9. The molecule has 15 heavy (non-hydrogen) atoms. The molecule has 0 radical (unpaired) electrons. The average molecular weight is 209 g/mol. The zero-order valence-electron chi connectivity index (χ0n) is 9.15. The molecule has 0 fully saturated rings. The molecule has 0 spiro atoms. The van der Waals surface area contributed by atoms with E-state index in [1.165, 1.54) is 0 Å². The summed E-state index contributed by atoms with van der Waals surface area (Å²) >= 11 is 0. The van der Waals surface area contributed by atoms with Crippen molar-refractivity contribution in [3.8, 4) is 0 Å². The van der Waals surface area contributed by atoms with Gasteiger partial charge in [-0.2, -0.15) is 0 Å².